The lowest BCUT2D eigenvalue weighted by molar-refractivity contribution is 0.580. The Morgan fingerprint density at radius 2 is 2.28 bits per heavy atom. The molecular formula is C10H14N2O3S3. The number of rotatable bonds is 4. The second-order valence-electron chi connectivity index (χ2n) is 3.79. The Bertz CT molecular complexity index is 549. The number of aromatic amines is 1. The molecule has 1 saturated heterocycles. The van der Waals surface area contributed by atoms with E-state index in [0.717, 1.165) is 17.3 Å². The highest BCUT2D eigenvalue weighted by Crippen LogP contribution is 2.23. The number of nitrogens with one attached hydrogen (secondary N) is 2. The predicted octanol–water partition coefficient (Wildman–Crippen LogP) is 0.502. The van der Waals surface area contributed by atoms with E-state index in [1.165, 1.54) is 18.5 Å². The van der Waals surface area contributed by atoms with E-state index in [1.807, 2.05) is 11.8 Å². The topological polar surface area (TPSA) is 79.0 Å². The van der Waals surface area contributed by atoms with E-state index in [9.17, 15) is 13.2 Å². The highest BCUT2D eigenvalue weighted by Gasteiger charge is 2.21. The first-order chi connectivity index (χ1) is 8.59. The fraction of sp³-hybridized carbons (Fsp3) is 0.500. The van der Waals surface area contributed by atoms with Gasteiger partial charge in [-0.25, -0.2) is 13.1 Å². The van der Waals surface area contributed by atoms with Gasteiger partial charge in [0.2, 0.25) is 15.5 Å². The lowest BCUT2D eigenvalue weighted by Gasteiger charge is -2.20. The number of H-pyrrole nitrogens is 1. The molecule has 0 bridgehead atoms. The smallest absolute Gasteiger partial charge is 0.245 e. The van der Waals surface area contributed by atoms with E-state index >= 15 is 0 Å². The molecule has 1 unspecified atom stereocenters. The van der Waals surface area contributed by atoms with Crippen molar-refractivity contribution in [2.24, 2.45) is 0 Å². The second kappa shape index (κ2) is 6.14. The number of pyridine rings is 1. The van der Waals surface area contributed by atoms with Crippen LogP contribution in [0.25, 0.3) is 0 Å². The van der Waals surface area contributed by atoms with Crippen molar-refractivity contribution >= 4 is 33.5 Å². The molecule has 1 aromatic rings. The zero-order chi connectivity index (χ0) is 13.0. The second-order valence-corrected chi connectivity index (χ2v) is 8.09. The molecule has 2 N–H and O–H groups in total. The minimum absolute atomic E-state index is 0.224. The van der Waals surface area contributed by atoms with Gasteiger partial charge in [0, 0.05) is 47.5 Å². The van der Waals surface area contributed by atoms with Crippen molar-refractivity contribution in [2.45, 2.75) is 10.1 Å². The van der Waals surface area contributed by atoms with E-state index in [4.69, 9.17) is 0 Å². The monoisotopic (exact) mass is 306 g/mol. The van der Waals surface area contributed by atoms with E-state index in [1.54, 1.807) is 11.8 Å². The van der Waals surface area contributed by atoms with Gasteiger partial charge in [0.15, 0.2) is 0 Å². The highest BCUT2D eigenvalue weighted by molar-refractivity contribution is 8.06. The third kappa shape index (κ3) is 3.53. The van der Waals surface area contributed by atoms with Crippen LogP contribution in [0.4, 0.5) is 0 Å². The molecule has 1 aliphatic rings. The Kier molecular flexibility index (Phi) is 4.77. The number of thioether (sulfide) groups is 2. The van der Waals surface area contributed by atoms with E-state index < -0.39 is 15.5 Å². The van der Waals surface area contributed by atoms with Crippen molar-refractivity contribution in [2.75, 3.05) is 23.8 Å². The molecule has 8 heteroatoms. The Balaban J connectivity index is 2.03. The molecule has 0 aliphatic carbocycles. The maximum absolute atomic E-state index is 11.9. The first-order valence-corrected chi connectivity index (χ1v) is 9.14. The summed E-state index contributed by atoms with van der Waals surface area (Å²) in [5.41, 5.74) is -0.494. The summed E-state index contributed by atoms with van der Waals surface area (Å²) in [6.45, 7) is 0.369. The first kappa shape index (κ1) is 14.0. The molecule has 0 saturated carbocycles. The number of hydrogen-bond acceptors (Lipinski definition) is 5. The van der Waals surface area contributed by atoms with Crippen LogP contribution in [0.3, 0.4) is 0 Å². The van der Waals surface area contributed by atoms with Crippen LogP contribution < -0.4 is 10.2 Å². The summed E-state index contributed by atoms with van der Waals surface area (Å²) in [7, 11) is -3.71. The van der Waals surface area contributed by atoms with E-state index in [-0.39, 0.29) is 10.1 Å². The van der Waals surface area contributed by atoms with Gasteiger partial charge < -0.3 is 4.98 Å². The van der Waals surface area contributed by atoms with Crippen molar-refractivity contribution < 1.29 is 8.42 Å². The number of aromatic nitrogens is 1. The fourth-order valence-electron chi connectivity index (χ4n) is 1.55. The maximum atomic E-state index is 11.9. The molecule has 2 heterocycles. The van der Waals surface area contributed by atoms with Gasteiger partial charge in [0.1, 0.15) is 4.90 Å². The number of sulfonamides is 1. The molecule has 18 heavy (non-hydrogen) atoms. The van der Waals surface area contributed by atoms with Crippen LogP contribution in [0.5, 0.6) is 0 Å². The van der Waals surface area contributed by atoms with Crippen LogP contribution >= 0.6 is 23.5 Å². The van der Waals surface area contributed by atoms with Crippen molar-refractivity contribution in [3.63, 3.8) is 0 Å². The molecule has 5 nitrogen and oxygen atoms in total. The van der Waals surface area contributed by atoms with Crippen LogP contribution in [-0.4, -0.2) is 42.5 Å². The standard InChI is InChI=1S/C10H14N2O3S3/c13-9-1-2-11-6-10(9)18(14,15)12-5-8-7-16-3-4-17-8/h1-2,6,8,12H,3-5,7H2,(H,11,13). The first-order valence-electron chi connectivity index (χ1n) is 5.46. The zero-order valence-electron chi connectivity index (χ0n) is 9.59. The third-order valence-electron chi connectivity index (χ3n) is 2.46. The minimum atomic E-state index is -3.71. The summed E-state index contributed by atoms with van der Waals surface area (Å²) >= 11 is 3.60. The average molecular weight is 306 g/mol. The van der Waals surface area contributed by atoms with Gasteiger partial charge in [-0.1, -0.05) is 0 Å². The van der Waals surface area contributed by atoms with Crippen LogP contribution in [0.15, 0.2) is 28.2 Å². The SMILES string of the molecule is O=c1cc[nH]cc1S(=O)(=O)NCC1CSCCS1. The van der Waals surface area contributed by atoms with E-state index in [2.05, 4.69) is 9.71 Å². The number of hydrogen-bond donors (Lipinski definition) is 2. The molecule has 0 aromatic carbocycles. The Morgan fingerprint density at radius 3 is 2.94 bits per heavy atom. The van der Waals surface area contributed by atoms with Gasteiger partial charge in [0.05, 0.1) is 0 Å². The lowest BCUT2D eigenvalue weighted by Crippen LogP contribution is -2.35. The average Bonchev–Trinajstić information content (AvgIpc) is 2.38. The van der Waals surface area contributed by atoms with Crippen molar-refractivity contribution in [3.8, 4) is 0 Å². The summed E-state index contributed by atoms with van der Waals surface area (Å²) < 4.78 is 26.4. The highest BCUT2D eigenvalue weighted by atomic mass is 32.2. The largest absolute Gasteiger partial charge is 0.366 e. The molecule has 0 amide bonds. The lowest BCUT2D eigenvalue weighted by atomic mass is 10.5. The molecule has 0 radical (unpaired) electrons. The van der Waals surface area contributed by atoms with Gasteiger partial charge in [-0.05, 0) is 0 Å². The normalized spacial score (nSPS) is 20.8. The summed E-state index contributed by atoms with van der Waals surface area (Å²) in [5.74, 6) is 3.10. The maximum Gasteiger partial charge on any atom is 0.245 e. The predicted molar refractivity (Wildman–Crippen MR) is 75.8 cm³/mol. The third-order valence-corrected chi connectivity index (χ3v) is 6.75. The van der Waals surface area contributed by atoms with Crippen molar-refractivity contribution in [1.29, 1.82) is 0 Å². The molecule has 100 valence electrons. The van der Waals surface area contributed by atoms with E-state index in [0.29, 0.717) is 6.54 Å². The van der Waals surface area contributed by atoms with Gasteiger partial charge in [0.25, 0.3) is 0 Å². The molecular weight excluding hydrogens is 292 g/mol. The Morgan fingerprint density at radius 1 is 1.44 bits per heavy atom. The van der Waals surface area contributed by atoms with Crippen LogP contribution in [0, 0.1) is 0 Å². The van der Waals surface area contributed by atoms with Crippen LogP contribution in [0.2, 0.25) is 0 Å². The minimum Gasteiger partial charge on any atom is -0.366 e. The zero-order valence-corrected chi connectivity index (χ0v) is 12.0. The molecule has 0 spiro atoms. The van der Waals surface area contributed by atoms with Gasteiger partial charge >= 0.3 is 0 Å². The van der Waals surface area contributed by atoms with Gasteiger partial charge in [-0.15, -0.1) is 0 Å². The van der Waals surface area contributed by atoms with Gasteiger partial charge in [-0.2, -0.15) is 23.5 Å². The summed E-state index contributed by atoms with van der Waals surface area (Å²) in [6.07, 6.45) is 2.63. The van der Waals surface area contributed by atoms with Crippen LogP contribution in [-0.2, 0) is 10.0 Å². The summed E-state index contributed by atoms with van der Waals surface area (Å²) in [4.78, 5) is 13.9. The molecule has 1 aliphatic heterocycles. The van der Waals surface area contributed by atoms with Crippen molar-refractivity contribution in [3.05, 3.63) is 28.7 Å². The summed E-state index contributed by atoms with van der Waals surface area (Å²) in [6, 6.07) is 1.21. The Hall–Kier alpha value is -0.440. The molecule has 1 atom stereocenters. The fourth-order valence-corrected chi connectivity index (χ4v) is 5.40. The Labute approximate surface area is 114 Å². The molecule has 2 rings (SSSR count). The molecule has 1 fully saturated rings. The van der Waals surface area contributed by atoms with Gasteiger partial charge in [-0.3, -0.25) is 4.79 Å². The van der Waals surface area contributed by atoms with Crippen molar-refractivity contribution in [1.82, 2.24) is 9.71 Å². The van der Waals surface area contributed by atoms with Crippen LogP contribution in [0.1, 0.15) is 0 Å². The molecule has 1 aromatic heterocycles. The quantitative estimate of drug-likeness (QED) is 0.847. The summed E-state index contributed by atoms with van der Waals surface area (Å²) in [5, 5.41) is 0.279.